The van der Waals surface area contributed by atoms with Crippen LogP contribution in [0.25, 0.3) is 21.0 Å². The number of nitrogens with zero attached hydrogens (tertiary/aromatic N) is 2. The Morgan fingerprint density at radius 1 is 1.32 bits per heavy atom. The highest BCUT2D eigenvalue weighted by atomic mass is 32.1. The molecular formula is C27H33N3O3S. The molecular weight excluding hydrogens is 446 g/mol. The molecule has 0 bridgehead atoms. The van der Waals surface area contributed by atoms with Crippen LogP contribution in [0.1, 0.15) is 44.7 Å². The smallest absolute Gasteiger partial charge is 0.320 e. The van der Waals surface area contributed by atoms with Crippen molar-refractivity contribution in [2.24, 2.45) is 0 Å². The van der Waals surface area contributed by atoms with Crippen molar-refractivity contribution in [2.75, 3.05) is 18.8 Å². The zero-order chi connectivity index (χ0) is 24.2. The van der Waals surface area contributed by atoms with Gasteiger partial charge in [0.1, 0.15) is 16.8 Å². The summed E-state index contributed by atoms with van der Waals surface area (Å²) < 4.78 is 5.76. The SMILES string of the molecule is CCc1c(CCN2CCC[C@H]2C(=O)O)cccc1-c1cnc(-c2ccc(OC(C)C)c(N)c2)s1. The minimum Gasteiger partial charge on any atom is -0.489 e. The summed E-state index contributed by atoms with van der Waals surface area (Å²) in [7, 11) is 0. The number of hydrogen-bond acceptors (Lipinski definition) is 6. The van der Waals surface area contributed by atoms with Gasteiger partial charge in [-0.1, -0.05) is 25.1 Å². The molecule has 6 nitrogen and oxygen atoms in total. The summed E-state index contributed by atoms with van der Waals surface area (Å²) >= 11 is 1.66. The van der Waals surface area contributed by atoms with Crippen molar-refractivity contribution in [2.45, 2.75) is 58.6 Å². The molecule has 1 saturated heterocycles. The molecule has 1 aliphatic heterocycles. The van der Waals surface area contributed by atoms with Gasteiger partial charge in [-0.25, -0.2) is 4.98 Å². The van der Waals surface area contributed by atoms with Crippen LogP contribution < -0.4 is 10.5 Å². The molecule has 7 heteroatoms. The molecule has 0 amide bonds. The largest absolute Gasteiger partial charge is 0.489 e. The minimum absolute atomic E-state index is 0.0693. The monoisotopic (exact) mass is 479 g/mol. The number of carboxylic acids is 1. The zero-order valence-corrected chi connectivity index (χ0v) is 20.9. The molecule has 0 aliphatic carbocycles. The maximum atomic E-state index is 11.5. The van der Waals surface area contributed by atoms with Crippen molar-refractivity contribution in [3.8, 4) is 26.8 Å². The summed E-state index contributed by atoms with van der Waals surface area (Å²) in [6.45, 7) is 7.77. The maximum Gasteiger partial charge on any atom is 0.320 e. The number of nitrogens with two attached hydrogens (primary N) is 1. The van der Waals surface area contributed by atoms with Crippen LogP contribution in [0.4, 0.5) is 5.69 Å². The summed E-state index contributed by atoms with van der Waals surface area (Å²) in [5, 5.41) is 10.4. The Morgan fingerprint density at radius 3 is 2.85 bits per heavy atom. The fourth-order valence-corrected chi connectivity index (χ4v) is 5.69. The van der Waals surface area contributed by atoms with Crippen LogP contribution in [-0.4, -0.2) is 46.2 Å². The molecule has 0 radical (unpaired) electrons. The number of nitrogen functional groups attached to an aromatic ring is 1. The van der Waals surface area contributed by atoms with E-state index in [0.29, 0.717) is 11.4 Å². The molecule has 2 heterocycles. The zero-order valence-electron chi connectivity index (χ0n) is 20.1. The highest BCUT2D eigenvalue weighted by Crippen LogP contribution is 2.37. The number of likely N-dealkylation sites (tertiary alicyclic amines) is 1. The quantitative estimate of drug-likeness (QED) is 0.394. The number of thiazole rings is 1. The highest BCUT2D eigenvalue weighted by Gasteiger charge is 2.30. The Hall–Kier alpha value is -2.90. The summed E-state index contributed by atoms with van der Waals surface area (Å²) in [6.07, 6.45) is 5.47. The van der Waals surface area contributed by atoms with Gasteiger partial charge in [-0.15, -0.1) is 11.3 Å². The van der Waals surface area contributed by atoms with E-state index in [1.807, 2.05) is 38.2 Å². The molecule has 1 aliphatic rings. The Morgan fingerprint density at radius 2 is 2.15 bits per heavy atom. The fraction of sp³-hybridized carbons (Fsp3) is 0.407. The first kappa shape index (κ1) is 24.2. The van der Waals surface area contributed by atoms with E-state index in [-0.39, 0.29) is 12.1 Å². The predicted octanol–water partition coefficient (Wildman–Crippen LogP) is 5.50. The Bertz CT molecular complexity index is 1160. The third kappa shape index (κ3) is 5.26. The van der Waals surface area contributed by atoms with Crippen molar-refractivity contribution >= 4 is 23.0 Å². The third-order valence-corrected chi connectivity index (χ3v) is 7.41. The lowest BCUT2D eigenvalue weighted by Crippen LogP contribution is -2.37. The summed E-state index contributed by atoms with van der Waals surface area (Å²) in [5.41, 5.74) is 11.6. The number of hydrogen-bond donors (Lipinski definition) is 2. The van der Waals surface area contributed by atoms with E-state index in [1.165, 1.54) is 16.7 Å². The summed E-state index contributed by atoms with van der Waals surface area (Å²) in [5.74, 6) is -0.0109. The molecule has 3 N–H and O–H groups in total. The van der Waals surface area contributed by atoms with E-state index >= 15 is 0 Å². The molecule has 3 aromatic rings. The van der Waals surface area contributed by atoms with Crippen LogP contribution >= 0.6 is 11.3 Å². The molecule has 34 heavy (non-hydrogen) atoms. The molecule has 1 aromatic heterocycles. The fourth-order valence-electron chi connectivity index (χ4n) is 4.73. The average molecular weight is 480 g/mol. The minimum atomic E-state index is -0.705. The van der Waals surface area contributed by atoms with Crippen LogP contribution in [0.15, 0.2) is 42.6 Å². The van der Waals surface area contributed by atoms with Crippen LogP contribution in [0, 0.1) is 0 Å². The van der Waals surface area contributed by atoms with Crippen LogP contribution in [0.3, 0.4) is 0 Å². The number of ether oxygens (including phenoxy) is 1. The second kappa shape index (κ2) is 10.6. The number of anilines is 1. The normalized spacial score (nSPS) is 16.3. The molecule has 180 valence electrons. The average Bonchev–Trinajstić information content (AvgIpc) is 3.48. The second-order valence-corrected chi connectivity index (χ2v) is 10.1. The number of benzene rings is 2. The molecule has 1 atom stereocenters. The van der Waals surface area contributed by atoms with Crippen molar-refractivity contribution in [3.05, 3.63) is 53.7 Å². The van der Waals surface area contributed by atoms with E-state index in [4.69, 9.17) is 10.5 Å². The van der Waals surface area contributed by atoms with Gasteiger partial charge in [0.25, 0.3) is 0 Å². The van der Waals surface area contributed by atoms with Crippen LogP contribution in [-0.2, 0) is 17.6 Å². The van der Waals surface area contributed by atoms with Gasteiger partial charge in [-0.3, -0.25) is 9.69 Å². The van der Waals surface area contributed by atoms with Gasteiger partial charge >= 0.3 is 5.97 Å². The maximum absolute atomic E-state index is 11.5. The summed E-state index contributed by atoms with van der Waals surface area (Å²) in [4.78, 5) is 19.4. The predicted molar refractivity (Wildman–Crippen MR) is 138 cm³/mol. The lowest BCUT2D eigenvalue weighted by atomic mass is 9.96. The Balaban J connectivity index is 1.55. The lowest BCUT2D eigenvalue weighted by molar-refractivity contribution is -0.142. The third-order valence-electron chi connectivity index (χ3n) is 6.33. The molecule has 0 spiro atoms. The number of carboxylic acid groups (broad SMARTS) is 1. The molecule has 4 rings (SSSR count). The Kier molecular flexibility index (Phi) is 7.54. The number of carbonyl (C=O) groups is 1. The van der Waals surface area contributed by atoms with Gasteiger partial charge in [0, 0.05) is 18.3 Å². The van der Waals surface area contributed by atoms with Gasteiger partial charge < -0.3 is 15.6 Å². The molecule has 0 saturated carbocycles. The number of aliphatic carboxylic acids is 1. The van der Waals surface area contributed by atoms with Gasteiger partial charge in [-0.2, -0.15) is 0 Å². The van der Waals surface area contributed by atoms with Crippen LogP contribution in [0.2, 0.25) is 0 Å². The number of aromatic nitrogens is 1. The number of rotatable bonds is 9. The van der Waals surface area contributed by atoms with Crippen LogP contribution in [0.5, 0.6) is 5.75 Å². The first-order chi connectivity index (χ1) is 16.4. The van der Waals surface area contributed by atoms with Gasteiger partial charge in [0.15, 0.2) is 0 Å². The molecule has 2 aromatic carbocycles. The first-order valence-corrected chi connectivity index (χ1v) is 12.8. The van der Waals surface area contributed by atoms with Crippen molar-refractivity contribution in [1.29, 1.82) is 0 Å². The van der Waals surface area contributed by atoms with Gasteiger partial charge in [0.05, 0.1) is 16.7 Å². The molecule has 0 unspecified atom stereocenters. The van der Waals surface area contributed by atoms with E-state index in [1.54, 1.807) is 11.3 Å². The molecule has 1 fully saturated rings. The van der Waals surface area contributed by atoms with Crippen molar-refractivity contribution < 1.29 is 14.6 Å². The Labute approximate surface area is 205 Å². The van der Waals surface area contributed by atoms with E-state index in [9.17, 15) is 9.90 Å². The standard InChI is InChI=1S/C27H33N3O3S/c1-4-20-18(12-14-30-13-6-9-23(30)27(31)32)7-5-8-21(20)25-16-29-26(34-25)19-10-11-24(22(28)15-19)33-17(2)3/h5,7-8,10-11,15-17,23H,4,6,9,12-14,28H2,1-3H3,(H,31,32)/t23-/m0/s1. The first-order valence-electron chi connectivity index (χ1n) is 12.0. The lowest BCUT2D eigenvalue weighted by Gasteiger charge is -2.22. The van der Waals surface area contributed by atoms with E-state index in [2.05, 4.69) is 35.0 Å². The van der Waals surface area contributed by atoms with Crippen molar-refractivity contribution in [3.63, 3.8) is 0 Å². The highest BCUT2D eigenvalue weighted by molar-refractivity contribution is 7.18. The second-order valence-electron chi connectivity index (χ2n) is 9.03. The van der Waals surface area contributed by atoms with Gasteiger partial charge in [0.2, 0.25) is 0 Å². The van der Waals surface area contributed by atoms with E-state index < -0.39 is 5.97 Å². The van der Waals surface area contributed by atoms with Gasteiger partial charge in [-0.05, 0) is 81.0 Å². The summed E-state index contributed by atoms with van der Waals surface area (Å²) in [6, 6.07) is 11.9. The van der Waals surface area contributed by atoms with E-state index in [0.717, 1.165) is 54.2 Å². The van der Waals surface area contributed by atoms with Crippen molar-refractivity contribution in [1.82, 2.24) is 9.88 Å². The topological polar surface area (TPSA) is 88.7 Å².